The lowest BCUT2D eigenvalue weighted by Crippen LogP contribution is -2.29. The van der Waals surface area contributed by atoms with Crippen LogP contribution in [0.1, 0.15) is 43.2 Å². The molecule has 2 saturated heterocycles. The lowest BCUT2D eigenvalue weighted by atomic mass is 9.94. The number of nitrogens with zero attached hydrogens (tertiary/aromatic N) is 2. The lowest BCUT2D eigenvalue weighted by molar-refractivity contribution is -0.121. The fraction of sp³-hybridized carbons (Fsp3) is 0.452. The van der Waals surface area contributed by atoms with Crippen molar-refractivity contribution >= 4 is 29.3 Å². The van der Waals surface area contributed by atoms with Gasteiger partial charge in [0.15, 0.2) is 0 Å². The summed E-state index contributed by atoms with van der Waals surface area (Å²) in [4.78, 5) is 28.7. The molecule has 2 aromatic carbocycles. The molecule has 2 amide bonds. The first kappa shape index (κ1) is 28.1. The molecule has 212 valence electrons. The van der Waals surface area contributed by atoms with Crippen LogP contribution in [0.2, 0.25) is 0 Å². The number of hydrogen-bond donors (Lipinski definition) is 3. The Morgan fingerprint density at radius 3 is 2.85 bits per heavy atom. The van der Waals surface area contributed by atoms with E-state index in [1.54, 1.807) is 0 Å². The molecular weight excluding hydrogens is 522 g/mol. The number of amides is 2. The first-order valence-corrected chi connectivity index (χ1v) is 15.2. The number of aryl methyl sites for hydroxylation is 2. The summed E-state index contributed by atoms with van der Waals surface area (Å²) in [6.07, 6.45) is 7.97. The molecule has 3 atom stereocenters. The van der Waals surface area contributed by atoms with Gasteiger partial charge in [0.25, 0.3) is 0 Å². The van der Waals surface area contributed by atoms with E-state index in [0.717, 1.165) is 59.0 Å². The molecule has 0 spiro atoms. The molecule has 2 fully saturated rings. The number of ether oxygens (including phenoxy) is 1. The van der Waals surface area contributed by atoms with E-state index in [9.17, 15) is 9.59 Å². The Morgan fingerprint density at radius 2 is 2.00 bits per heavy atom. The molecule has 5 rings (SSSR count). The van der Waals surface area contributed by atoms with Crippen LogP contribution in [0.3, 0.4) is 0 Å². The number of nitrogens with one attached hydrogen (secondary N) is 3. The number of carbonyl (C=O) groups excluding carboxylic acids is 2. The van der Waals surface area contributed by atoms with Crippen molar-refractivity contribution in [1.29, 1.82) is 0 Å². The van der Waals surface area contributed by atoms with E-state index in [-0.39, 0.29) is 11.8 Å². The van der Waals surface area contributed by atoms with E-state index < -0.39 is 0 Å². The van der Waals surface area contributed by atoms with Crippen molar-refractivity contribution in [3.8, 4) is 22.7 Å². The normalized spacial score (nSPS) is 19.8. The maximum Gasteiger partial charge on any atom is 0.220 e. The number of thioether (sulfide) groups is 1. The van der Waals surface area contributed by atoms with Gasteiger partial charge in [-0.3, -0.25) is 9.59 Å². The number of hydrogen-bond acceptors (Lipinski definition) is 6. The minimum absolute atomic E-state index is 0.0555. The highest BCUT2D eigenvalue weighted by Gasteiger charge is 2.42. The standard InChI is InChI=1S/C31H39N5O3S/c1-20-9-11-24(32-3)27(14-20)36-17-25(34-19-36)22-10-8-21(2)15-28(22)39-13-12-33-30(37)7-5-4-6-29-23-16-31(38)35-26(23)18-40-29/h8-11,14-15,17,19,23,26,29,32H,4-7,12-13,16,18H2,1-3H3,(H,33,37)(H,35,38)/t23-,26-,29-/m0/s1. The molecule has 0 unspecified atom stereocenters. The van der Waals surface area contributed by atoms with Gasteiger partial charge >= 0.3 is 0 Å². The van der Waals surface area contributed by atoms with Crippen LogP contribution in [-0.2, 0) is 9.59 Å². The van der Waals surface area contributed by atoms with Crippen LogP contribution >= 0.6 is 11.8 Å². The van der Waals surface area contributed by atoms with Gasteiger partial charge in [0.1, 0.15) is 12.4 Å². The molecule has 8 nitrogen and oxygen atoms in total. The number of unbranched alkanes of at least 4 members (excludes halogenated alkanes) is 1. The Kier molecular flexibility index (Phi) is 8.99. The molecule has 0 radical (unpaired) electrons. The van der Waals surface area contributed by atoms with Gasteiger partial charge in [-0.25, -0.2) is 4.98 Å². The molecular formula is C31H39N5O3S. The second-order valence-electron chi connectivity index (χ2n) is 10.8. The van der Waals surface area contributed by atoms with Gasteiger partial charge in [-0.2, -0.15) is 11.8 Å². The average molecular weight is 562 g/mol. The molecule has 40 heavy (non-hydrogen) atoms. The Morgan fingerprint density at radius 1 is 1.18 bits per heavy atom. The van der Waals surface area contributed by atoms with E-state index in [1.807, 2.05) is 55.0 Å². The van der Waals surface area contributed by atoms with Crippen molar-refractivity contribution in [1.82, 2.24) is 20.2 Å². The number of anilines is 1. The summed E-state index contributed by atoms with van der Waals surface area (Å²) in [5.74, 6) is 2.50. The van der Waals surface area contributed by atoms with Crippen molar-refractivity contribution in [2.45, 2.75) is 57.2 Å². The molecule has 0 aliphatic carbocycles. The maximum absolute atomic E-state index is 12.4. The summed E-state index contributed by atoms with van der Waals surface area (Å²) in [6.45, 7) is 4.94. The van der Waals surface area contributed by atoms with Crippen LogP contribution in [0.4, 0.5) is 5.69 Å². The average Bonchev–Trinajstić information content (AvgIpc) is 3.66. The van der Waals surface area contributed by atoms with Crippen LogP contribution < -0.4 is 20.7 Å². The first-order chi connectivity index (χ1) is 19.4. The third-order valence-electron chi connectivity index (χ3n) is 7.77. The van der Waals surface area contributed by atoms with Crippen molar-refractivity contribution in [3.63, 3.8) is 0 Å². The van der Waals surface area contributed by atoms with Crippen LogP contribution in [0, 0.1) is 19.8 Å². The Bertz CT molecular complexity index is 1360. The van der Waals surface area contributed by atoms with Gasteiger partial charge in [-0.1, -0.05) is 18.6 Å². The maximum atomic E-state index is 12.4. The second-order valence-corrected chi connectivity index (χ2v) is 12.1. The van der Waals surface area contributed by atoms with Crippen molar-refractivity contribution in [2.75, 3.05) is 31.3 Å². The number of fused-ring (bicyclic) bond motifs is 1. The molecule has 0 saturated carbocycles. The van der Waals surface area contributed by atoms with Crippen LogP contribution in [-0.4, -0.2) is 58.6 Å². The smallest absolute Gasteiger partial charge is 0.220 e. The van der Waals surface area contributed by atoms with Crippen molar-refractivity contribution < 1.29 is 14.3 Å². The molecule has 2 aliphatic heterocycles. The van der Waals surface area contributed by atoms with E-state index in [1.165, 1.54) is 5.56 Å². The Labute approximate surface area is 240 Å². The topological polar surface area (TPSA) is 97.3 Å². The zero-order valence-corrected chi connectivity index (χ0v) is 24.4. The summed E-state index contributed by atoms with van der Waals surface area (Å²) in [6, 6.07) is 12.7. The molecule has 3 heterocycles. The molecule has 3 aromatic rings. The van der Waals surface area contributed by atoms with Gasteiger partial charge in [0.2, 0.25) is 11.8 Å². The summed E-state index contributed by atoms with van der Waals surface area (Å²) in [5.41, 5.74) is 6.08. The van der Waals surface area contributed by atoms with Gasteiger partial charge < -0.3 is 25.3 Å². The van der Waals surface area contributed by atoms with Crippen molar-refractivity contribution in [2.24, 2.45) is 5.92 Å². The lowest BCUT2D eigenvalue weighted by Gasteiger charge is -2.15. The van der Waals surface area contributed by atoms with Crippen LogP contribution in [0.25, 0.3) is 16.9 Å². The third kappa shape index (κ3) is 6.63. The first-order valence-electron chi connectivity index (χ1n) is 14.2. The van der Waals surface area contributed by atoms with E-state index >= 15 is 0 Å². The van der Waals surface area contributed by atoms with E-state index in [4.69, 9.17) is 4.74 Å². The minimum Gasteiger partial charge on any atom is -0.491 e. The highest BCUT2D eigenvalue weighted by molar-refractivity contribution is 8.00. The predicted molar refractivity (Wildman–Crippen MR) is 161 cm³/mol. The van der Waals surface area contributed by atoms with Gasteiger partial charge in [-0.05, 0) is 62.1 Å². The van der Waals surface area contributed by atoms with Crippen LogP contribution in [0.5, 0.6) is 5.75 Å². The summed E-state index contributed by atoms with van der Waals surface area (Å²) >= 11 is 1.97. The number of imidazole rings is 1. The number of carbonyl (C=O) groups is 2. The zero-order chi connectivity index (χ0) is 28.1. The van der Waals surface area contributed by atoms with Gasteiger partial charge in [-0.15, -0.1) is 0 Å². The fourth-order valence-electron chi connectivity index (χ4n) is 5.62. The molecule has 2 aliphatic rings. The number of rotatable bonds is 12. The number of benzene rings is 2. The van der Waals surface area contributed by atoms with E-state index in [2.05, 4.69) is 52.1 Å². The second kappa shape index (κ2) is 12.8. The molecule has 1 aromatic heterocycles. The Hall–Kier alpha value is -3.46. The Balaban J connectivity index is 1.09. The molecule has 0 bridgehead atoms. The largest absolute Gasteiger partial charge is 0.491 e. The summed E-state index contributed by atoms with van der Waals surface area (Å²) in [7, 11) is 1.92. The SMILES string of the molecule is CNc1ccc(C)cc1-n1cnc(-c2ccc(C)cc2OCCNC(=O)CCCC[C@@H]2SC[C@@H]3NC(=O)C[C@@H]32)c1. The fourth-order valence-corrected chi connectivity index (χ4v) is 7.28. The highest BCUT2D eigenvalue weighted by Crippen LogP contribution is 2.40. The molecule has 3 N–H and O–H groups in total. The quantitative estimate of drug-likeness (QED) is 0.273. The zero-order valence-electron chi connectivity index (χ0n) is 23.5. The van der Waals surface area contributed by atoms with Gasteiger partial charge in [0, 0.05) is 54.6 Å². The number of aromatic nitrogens is 2. The monoisotopic (exact) mass is 561 g/mol. The summed E-state index contributed by atoms with van der Waals surface area (Å²) in [5, 5.41) is 9.86. The third-order valence-corrected chi connectivity index (χ3v) is 9.34. The predicted octanol–water partition coefficient (Wildman–Crippen LogP) is 4.87. The van der Waals surface area contributed by atoms with Crippen molar-refractivity contribution in [3.05, 3.63) is 60.0 Å². The highest BCUT2D eigenvalue weighted by atomic mass is 32.2. The van der Waals surface area contributed by atoms with Crippen LogP contribution in [0.15, 0.2) is 48.9 Å². The van der Waals surface area contributed by atoms with E-state index in [0.29, 0.717) is 43.2 Å². The minimum atomic E-state index is 0.0555. The summed E-state index contributed by atoms with van der Waals surface area (Å²) < 4.78 is 8.15. The molecule has 9 heteroatoms. The van der Waals surface area contributed by atoms with Gasteiger partial charge in [0.05, 0.1) is 29.9 Å².